The van der Waals surface area contributed by atoms with Gasteiger partial charge in [-0.3, -0.25) is 9.78 Å². The molecule has 4 nitrogen and oxygen atoms in total. The van der Waals surface area contributed by atoms with Crippen molar-refractivity contribution in [3.8, 4) is 0 Å². The average molecular weight is 205 g/mol. The Bertz CT molecular complexity index is 378. The lowest BCUT2D eigenvalue weighted by molar-refractivity contribution is 0.0946. The van der Waals surface area contributed by atoms with E-state index >= 15 is 0 Å². The Balaban J connectivity index is 1.90. The molecule has 2 unspecified atom stereocenters. The standard InChI is InChI=1S/C11H15N3O/c1-7-4-8(7)6-14-11(15)10-5-9(12)2-3-13-10/h2-3,5,7-8H,4,6H2,1H3,(H2,12,13)(H,14,15). The SMILES string of the molecule is CC1CC1CNC(=O)c1cc(N)ccn1. The first kappa shape index (κ1) is 9.96. The molecule has 0 saturated heterocycles. The molecule has 2 atom stereocenters. The number of hydrogen-bond acceptors (Lipinski definition) is 3. The first-order valence-corrected chi connectivity index (χ1v) is 5.16. The van der Waals surface area contributed by atoms with Crippen LogP contribution in [0.3, 0.4) is 0 Å². The summed E-state index contributed by atoms with van der Waals surface area (Å²) < 4.78 is 0. The first-order chi connectivity index (χ1) is 7.16. The van der Waals surface area contributed by atoms with Gasteiger partial charge in [-0.1, -0.05) is 6.92 Å². The minimum atomic E-state index is -0.138. The summed E-state index contributed by atoms with van der Waals surface area (Å²) in [6.45, 7) is 2.94. The largest absolute Gasteiger partial charge is 0.399 e. The number of amides is 1. The van der Waals surface area contributed by atoms with E-state index in [1.54, 1.807) is 18.3 Å². The van der Waals surface area contributed by atoms with Crippen LogP contribution in [0, 0.1) is 11.8 Å². The molecule has 2 rings (SSSR count). The van der Waals surface area contributed by atoms with Gasteiger partial charge in [-0.15, -0.1) is 0 Å². The minimum Gasteiger partial charge on any atom is -0.399 e. The van der Waals surface area contributed by atoms with Crippen molar-refractivity contribution >= 4 is 11.6 Å². The quantitative estimate of drug-likeness (QED) is 0.775. The molecule has 0 aromatic carbocycles. The Labute approximate surface area is 88.9 Å². The monoisotopic (exact) mass is 205 g/mol. The molecule has 3 N–H and O–H groups in total. The molecule has 1 fully saturated rings. The highest BCUT2D eigenvalue weighted by Crippen LogP contribution is 2.36. The zero-order valence-electron chi connectivity index (χ0n) is 8.73. The number of rotatable bonds is 3. The third-order valence-electron chi connectivity index (χ3n) is 2.82. The molecule has 0 bridgehead atoms. The maximum atomic E-state index is 11.6. The molecule has 1 aliphatic rings. The van der Waals surface area contributed by atoms with Crippen LogP contribution in [0.5, 0.6) is 0 Å². The summed E-state index contributed by atoms with van der Waals surface area (Å²) in [6.07, 6.45) is 2.76. The van der Waals surface area contributed by atoms with E-state index in [-0.39, 0.29) is 5.91 Å². The van der Waals surface area contributed by atoms with Crippen molar-refractivity contribution < 1.29 is 4.79 Å². The summed E-state index contributed by atoms with van der Waals surface area (Å²) in [5, 5.41) is 2.86. The predicted molar refractivity (Wildman–Crippen MR) is 58.3 cm³/mol. The van der Waals surface area contributed by atoms with E-state index in [0.717, 1.165) is 12.5 Å². The highest BCUT2D eigenvalue weighted by Gasteiger charge is 2.32. The highest BCUT2D eigenvalue weighted by molar-refractivity contribution is 5.92. The summed E-state index contributed by atoms with van der Waals surface area (Å²) in [4.78, 5) is 15.6. The fourth-order valence-corrected chi connectivity index (χ4v) is 1.57. The fraction of sp³-hybridized carbons (Fsp3) is 0.455. The van der Waals surface area contributed by atoms with Gasteiger partial charge in [0.05, 0.1) is 0 Å². The topological polar surface area (TPSA) is 68.0 Å². The molecule has 1 aliphatic carbocycles. The normalized spacial score (nSPS) is 23.5. The second-order valence-corrected chi connectivity index (χ2v) is 4.16. The number of carbonyl (C=O) groups excluding carboxylic acids is 1. The first-order valence-electron chi connectivity index (χ1n) is 5.16. The molecule has 1 aromatic heterocycles. The lowest BCUT2D eigenvalue weighted by Crippen LogP contribution is -2.26. The average Bonchev–Trinajstić information content (AvgIpc) is 2.91. The van der Waals surface area contributed by atoms with Crippen LogP contribution in [0.25, 0.3) is 0 Å². The lowest BCUT2D eigenvalue weighted by Gasteiger charge is -2.03. The second kappa shape index (κ2) is 3.88. The van der Waals surface area contributed by atoms with Crippen molar-refractivity contribution in [3.05, 3.63) is 24.0 Å². The van der Waals surface area contributed by atoms with E-state index < -0.39 is 0 Å². The van der Waals surface area contributed by atoms with Gasteiger partial charge >= 0.3 is 0 Å². The summed E-state index contributed by atoms with van der Waals surface area (Å²) >= 11 is 0. The molecule has 1 aromatic rings. The molecule has 1 heterocycles. The second-order valence-electron chi connectivity index (χ2n) is 4.16. The molecular weight excluding hydrogens is 190 g/mol. The van der Waals surface area contributed by atoms with Crippen molar-refractivity contribution in [2.75, 3.05) is 12.3 Å². The smallest absolute Gasteiger partial charge is 0.269 e. The van der Waals surface area contributed by atoms with Crippen LogP contribution in [0.15, 0.2) is 18.3 Å². The molecular formula is C11H15N3O. The third kappa shape index (κ3) is 2.46. The summed E-state index contributed by atoms with van der Waals surface area (Å²) in [6, 6.07) is 3.26. The molecule has 4 heteroatoms. The molecule has 15 heavy (non-hydrogen) atoms. The van der Waals surface area contributed by atoms with Crippen molar-refractivity contribution in [3.63, 3.8) is 0 Å². The maximum Gasteiger partial charge on any atom is 0.269 e. The maximum absolute atomic E-state index is 11.6. The van der Waals surface area contributed by atoms with Gasteiger partial charge in [-0.25, -0.2) is 0 Å². The van der Waals surface area contributed by atoms with E-state index in [1.165, 1.54) is 6.42 Å². The Kier molecular flexibility index (Phi) is 2.58. The highest BCUT2D eigenvalue weighted by atomic mass is 16.1. The Morgan fingerprint density at radius 3 is 3.07 bits per heavy atom. The van der Waals surface area contributed by atoms with Gasteiger partial charge in [0, 0.05) is 18.4 Å². The van der Waals surface area contributed by atoms with Crippen molar-refractivity contribution in [2.24, 2.45) is 11.8 Å². The Morgan fingerprint density at radius 1 is 1.73 bits per heavy atom. The van der Waals surface area contributed by atoms with E-state index in [1.807, 2.05) is 0 Å². The Hall–Kier alpha value is -1.58. The molecule has 0 radical (unpaired) electrons. The number of carbonyl (C=O) groups is 1. The molecule has 0 aliphatic heterocycles. The van der Waals surface area contributed by atoms with Gasteiger partial charge in [-0.05, 0) is 30.4 Å². The van der Waals surface area contributed by atoms with E-state index in [9.17, 15) is 4.79 Å². The van der Waals surface area contributed by atoms with Gasteiger partial charge < -0.3 is 11.1 Å². The number of nitrogen functional groups attached to an aromatic ring is 1. The number of pyridine rings is 1. The zero-order chi connectivity index (χ0) is 10.8. The van der Waals surface area contributed by atoms with Crippen LogP contribution in [0.4, 0.5) is 5.69 Å². The molecule has 80 valence electrons. The van der Waals surface area contributed by atoms with Crippen molar-refractivity contribution in [1.29, 1.82) is 0 Å². The van der Waals surface area contributed by atoms with Gasteiger partial charge in [0.15, 0.2) is 0 Å². The summed E-state index contributed by atoms with van der Waals surface area (Å²) in [7, 11) is 0. The lowest BCUT2D eigenvalue weighted by atomic mass is 10.3. The van der Waals surface area contributed by atoms with Gasteiger partial charge in [0.1, 0.15) is 5.69 Å². The van der Waals surface area contributed by atoms with Crippen molar-refractivity contribution in [1.82, 2.24) is 10.3 Å². The van der Waals surface area contributed by atoms with Crippen LogP contribution >= 0.6 is 0 Å². The number of aromatic nitrogens is 1. The van der Waals surface area contributed by atoms with Gasteiger partial charge in [0.25, 0.3) is 5.91 Å². The van der Waals surface area contributed by atoms with Crippen molar-refractivity contribution in [2.45, 2.75) is 13.3 Å². The van der Waals surface area contributed by atoms with Crippen LogP contribution in [0.1, 0.15) is 23.8 Å². The van der Waals surface area contributed by atoms with Gasteiger partial charge in [0.2, 0.25) is 0 Å². The van der Waals surface area contributed by atoms with E-state index in [2.05, 4.69) is 17.2 Å². The van der Waals surface area contributed by atoms with Crippen LogP contribution in [-0.2, 0) is 0 Å². The van der Waals surface area contributed by atoms with Crippen LogP contribution in [-0.4, -0.2) is 17.4 Å². The number of hydrogen-bond donors (Lipinski definition) is 2. The number of nitrogens with two attached hydrogens (primary N) is 1. The Morgan fingerprint density at radius 2 is 2.47 bits per heavy atom. The number of nitrogens with one attached hydrogen (secondary N) is 1. The number of nitrogens with zero attached hydrogens (tertiary/aromatic N) is 1. The van der Waals surface area contributed by atoms with Gasteiger partial charge in [-0.2, -0.15) is 0 Å². The molecule has 1 amide bonds. The number of anilines is 1. The van der Waals surface area contributed by atoms with Crippen LogP contribution in [0.2, 0.25) is 0 Å². The minimum absolute atomic E-state index is 0.138. The van der Waals surface area contributed by atoms with E-state index in [0.29, 0.717) is 17.3 Å². The van der Waals surface area contributed by atoms with Crippen LogP contribution < -0.4 is 11.1 Å². The molecule has 0 spiro atoms. The zero-order valence-corrected chi connectivity index (χ0v) is 8.73. The summed E-state index contributed by atoms with van der Waals surface area (Å²) in [5.41, 5.74) is 6.52. The van der Waals surface area contributed by atoms with E-state index in [4.69, 9.17) is 5.73 Å². The summed E-state index contributed by atoms with van der Waals surface area (Å²) in [5.74, 6) is 1.26. The predicted octanol–water partition coefficient (Wildman–Crippen LogP) is 1.05. The third-order valence-corrected chi connectivity index (χ3v) is 2.82. The molecule has 1 saturated carbocycles. The fourth-order valence-electron chi connectivity index (χ4n) is 1.57.